The highest BCUT2D eigenvalue weighted by atomic mass is 16.1. The molecule has 0 radical (unpaired) electrons. The van der Waals surface area contributed by atoms with Gasteiger partial charge in [0.2, 0.25) is 5.91 Å². The second-order valence-electron chi connectivity index (χ2n) is 13.9. The van der Waals surface area contributed by atoms with Gasteiger partial charge < -0.3 is 5.32 Å². The average Bonchev–Trinajstić information content (AvgIpc) is 3.73. The third-order valence-electron chi connectivity index (χ3n) is 10.2. The van der Waals surface area contributed by atoms with E-state index in [4.69, 9.17) is 15.3 Å². The molecule has 0 bridgehead atoms. The Morgan fingerprint density at radius 3 is 1.89 bits per heavy atom. The molecule has 9 nitrogen and oxygen atoms in total. The Bertz CT molecular complexity index is 2580. The van der Waals surface area contributed by atoms with Crippen molar-refractivity contribution in [2.75, 3.05) is 5.32 Å². The number of amides is 1. The van der Waals surface area contributed by atoms with Gasteiger partial charge in [0.25, 0.3) is 5.56 Å². The van der Waals surface area contributed by atoms with Crippen LogP contribution in [0.25, 0.3) is 33.4 Å². The van der Waals surface area contributed by atoms with Crippen LogP contribution in [0.5, 0.6) is 0 Å². The number of aryl methyl sites for hydroxylation is 1. The lowest BCUT2D eigenvalue weighted by Crippen LogP contribution is -2.39. The van der Waals surface area contributed by atoms with Crippen LogP contribution < -0.4 is 10.9 Å². The first-order valence-electron chi connectivity index (χ1n) is 18.9. The molecule has 0 saturated heterocycles. The SMILES string of the molecule is CCCCc1nc2ccc(NC(C)=O)cc2c(=O)n1Cc1ccc(-c2ccccc2-c2nnnn2C(c2ccccc2)(c2ccccc2)c2ccccc2)cc1. The van der Waals surface area contributed by atoms with E-state index < -0.39 is 5.54 Å². The second-order valence-corrected chi connectivity index (χ2v) is 13.9. The van der Waals surface area contributed by atoms with Gasteiger partial charge in [-0.3, -0.25) is 14.2 Å². The van der Waals surface area contributed by atoms with Gasteiger partial charge in [0.1, 0.15) is 11.4 Å². The first-order valence-corrected chi connectivity index (χ1v) is 18.9. The summed E-state index contributed by atoms with van der Waals surface area (Å²) in [6, 6.07) is 52.9. The molecule has 9 heteroatoms. The van der Waals surface area contributed by atoms with Crippen molar-refractivity contribution in [3.8, 4) is 22.5 Å². The summed E-state index contributed by atoms with van der Waals surface area (Å²) >= 11 is 0. The molecule has 2 heterocycles. The lowest BCUT2D eigenvalue weighted by molar-refractivity contribution is -0.114. The molecule has 1 N–H and O–H groups in total. The van der Waals surface area contributed by atoms with Crippen LogP contribution in [0.3, 0.4) is 0 Å². The first-order chi connectivity index (χ1) is 27.5. The number of hydrogen-bond acceptors (Lipinski definition) is 6. The fourth-order valence-corrected chi connectivity index (χ4v) is 7.62. The lowest BCUT2D eigenvalue weighted by atomic mass is 9.77. The van der Waals surface area contributed by atoms with E-state index in [1.54, 1.807) is 22.8 Å². The van der Waals surface area contributed by atoms with Gasteiger partial charge in [0.15, 0.2) is 5.82 Å². The number of aromatic nitrogens is 6. The normalized spacial score (nSPS) is 11.5. The Hall–Kier alpha value is -7.00. The van der Waals surface area contributed by atoms with Crippen molar-refractivity contribution in [2.45, 2.75) is 45.2 Å². The zero-order valence-electron chi connectivity index (χ0n) is 31.3. The average molecular weight is 736 g/mol. The quantitative estimate of drug-likeness (QED) is 0.126. The minimum Gasteiger partial charge on any atom is -0.326 e. The molecule has 0 atom stereocenters. The summed E-state index contributed by atoms with van der Waals surface area (Å²) in [5, 5.41) is 17.1. The van der Waals surface area contributed by atoms with Gasteiger partial charge in [0.05, 0.1) is 17.4 Å². The topological polar surface area (TPSA) is 108 Å². The number of hydrogen-bond donors (Lipinski definition) is 1. The van der Waals surface area contributed by atoms with Gasteiger partial charge in [-0.15, -0.1) is 5.10 Å². The summed E-state index contributed by atoms with van der Waals surface area (Å²) < 4.78 is 3.72. The highest BCUT2D eigenvalue weighted by Gasteiger charge is 2.42. The number of nitrogens with zero attached hydrogens (tertiary/aromatic N) is 6. The molecule has 276 valence electrons. The number of rotatable bonds is 12. The first kappa shape index (κ1) is 36.0. The predicted molar refractivity (Wildman–Crippen MR) is 221 cm³/mol. The van der Waals surface area contributed by atoms with Crippen molar-refractivity contribution in [3.63, 3.8) is 0 Å². The number of unbranched alkanes of at least 4 members (excludes halogenated alkanes) is 1. The van der Waals surface area contributed by atoms with Gasteiger partial charge in [-0.2, -0.15) is 0 Å². The molecule has 0 unspecified atom stereocenters. The molecule has 0 fully saturated rings. The summed E-state index contributed by atoms with van der Waals surface area (Å²) in [5.41, 5.74) is 7.04. The second kappa shape index (κ2) is 15.8. The molecule has 6 aromatic carbocycles. The van der Waals surface area contributed by atoms with Crippen LogP contribution in [0, 0.1) is 0 Å². The Morgan fingerprint density at radius 1 is 0.714 bits per heavy atom. The number of anilines is 1. The zero-order chi connectivity index (χ0) is 38.5. The standard InChI is InChI=1S/C47H41N7O2/c1-3-4-24-44-49-43-30-29-39(48-33(2)55)31-42(43)46(56)53(44)32-34-25-27-35(28-26-34)40-22-14-15-23-41(40)45-50-51-52-54(45)47(36-16-8-5-9-17-36,37-18-10-6-11-19-37)38-20-12-7-13-21-38/h5-23,25-31H,3-4,24,32H2,1-2H3,(H,48,55). The minimum atomic E-state index is -0.890. The van der Waals surface area contributed by atoms with Gasteiger partial charge in [-0.25, -0.2) is 9.67 Å². The number of carbonyl (C=O) groups is 1. The Balaban J connectivity index is 1.21. The maximum absolute atomic E-state index is 14.0. The van der Waals surface area contributed by atoms with E-state index in [0.717, 1.165) is 57.6 Å². The fraction of sp³-hybridized carbons (Fsp3) is 0.149. The van der Waals surface area contributed by atoms with E-state index in [2.05, 4.69) is 90.3 Å². The maximum Gasteiger partial charge on any atom is 0.261 e. The van der Waals surface area contributed by atoms with Crippen LogP contribution in [0.15, 0.2) is 163 Å². The van der Waals surface area contributed by atoms with E-state index in [-0.39, 0.29) is 11.5 Å². The molecule has 0 aliphatic rings. The van der Waals surface area contributed by atoms with Gasteiger partial charge in [-0.1, -0.05) is 153 Å². The number of tetrazole rings is 1. The number of benzene rings is 6. The molecule has 1 amide bonds. The summed E-state index contributed by atoms with van der Waals surface area (Å²) in [6.07, 6.45) is 2.58. The highest BCUT2D eigenvalue weighted by Crippen LogP contribution is 2.43. The molecular formula is C47H41N7O2. The molecule has 8 rings (SSSR count). The minimum absolute atomic E-state index is 0.131. The number of carbonyl (C=O) groups excluding carboxylic acids is 1. The van der Waals surface area contributed by atoms with Gasteiger partial charge in [-0.05, 0) is 68.4 Å². The third kappa shape index (κ3) is 6.79. The number of fused-ring (bicyclic) bond motifs is 1. The Kier molecular flexibility index (Phi) is 10.1. The predicted octanol–water partition coefficient (Wildman–Crippen LogP) is 8.91. The van der Waals surface area contributed by atoms with Crippen LogP contribution in [-0.4, -0.2) is 35.7 Å². The summed E-state index contributed by atoms with van der Waals surface area (Å²) in [7, 11) is 0. The van der Waals surface area contributed by atoms with Crippen LogP contribution in [0.4, 0.5) is 5.69 Å². The zero-order valence-corrected chi connectivity index (χ0v) is 31.3. The van der Waals surface area contributed by atoms with Crippen LogP contribution in [0.2, 0.25) is 0 Å². The largest absolute Gasteiger partial charge is 0.326 e. The van der Waals surface area contributed by atoms with E-state index in [0.29, 0.717) is 35.4 Å². The maximum atomic E-state index is 14.0. The molecule has 2 aromatic heterocycles. The molecular weight excluding hydrogens is 695 g/mol. The number of nitrogens with one attached hydrogen (secondary N) is 1. The van der Waals surface area contributed by atoms with Crippen LogP contribution >= 0.6 is 0 Å². The molecule has 0 saturated carbocycles. The van der Waals surface area contributed by atoms with Crippen LogP contribution in [-0.2, 0) is 23.3 Å². The van der Waals surface area contributed by atoms with E-state index in [9.17, 15) is 9.59 Å². The third-order valence-corrected chi connectivity index (χ3v) is 10.2. The van der Waals surface area contributed by atoms with E-state index >= 15 is 0 Å². The summed E-state index contributed by atoms with van der Waals surface area (Å²) in [5.74, 6) is 1.17. The Labute approximate surface area is 325 Å². The van der Waals surface area contributed by atoms with E-state index in [1.807, 2.05) is 71.4 Å². The molecule has 0 aliphatic carbocycles. The molecule has 0 spiro atoms. The monoisotopic (exact) mass is 735 g/mol. The summed E-state index contributed by atoms with van der Waals surface area (Å²) in [4.78, 5) is 30.7. The Morgan fingerprint density at radius 2 is 1.30 bits per heavy atom. The smallest absolute Gasteiger partial charge is 0.261 e. The van der Waals surface area contributed by atoms with Crippen molar-refractivity contribution in [1.29, 1.82) is 0 Å². The van der Waals surface area contributed by atoms with Gasteiger partial charge in [0, 0.05) is 24.6 Å². The highest BCUT2D eigenvalue weighted by molar-refractivity contribution is 5.92. The molecule has 0 aliphatic heterocycles. The van der Waals surface area contributed by atoms with Crippen molar-refractivity contribution < 1.29 is 4.79 Å². The van der Waals surface area contributed by atoms with Crippen molar-refractivity contribution in [2.24, 2.45) is 0 Å². The molecule has 8 aromatic rings. The van der Waals surface area contributed by atoms with Crippen molar-refractivity contribution >= 4 is 22.5 Å². The van der Waals surface area contributed by atoms with Crippen molar-refractivity contribution in [1.82, 2.24) is 29.8 Å². The van der Waals surface area contributed by atoms with Gasteiger partial charge >= 0.3 is 0 Å². The van der Waals surface area contributed by atoms with Crippen LogP contribution in [0.1, 0.15) is 54.8 Å². The lowest BCUT2D eigenvalue weighted by Gasteiger charge is -2.36. The van der Waals surface area contributed by atoms with Crippen molar-refractivity contribution in [3.05, 3.63) is 196 Å². The fourth-order valence-electron chi connectivity index (χ4n) is 7.62. The summed E-state index contributed by atoms with van der Waals surface area (Å²) in [6.45, 7) is 3.94. The van der Waals surface area contributed by atoms with E-state index in [1.165, 1.54) is 6.92 Å². The molecule has 56 heavy (non-hydrogen) atoms.